The van der Waals surface area contributed by atoms with Crippen molar-refractivity contribution in [3.05, 3.63) is 83.4 Å². The van der Waals surface area contributed by atoms with E-state index in [1.54, 1.807) is 12.1 Å². The highest BCUT2D eigenvalue weighted by molar-refractivity contribution is 6.03. The Morgan fingerprint density at radius 3 is 2.33 bits per heavy atom. The van der Waals surface area contributed by atoms with Gasteiger partial charge in [-0.1, -0.05) is 30.3 Å². The van der Waals surface area contributed by atoms with Gasteiger partial charge in [0.15, 0.2) is 17.5 Å². The van der Waals surface area contributed by atoms with Crippen LogP contribution in [0.25, 0.3) is 0 Å². The molecule has 0 spiro atoms. The van der Waals surface area contributed by atoms with E-state index in [9.17, 15) is 13.6 Å². The molecule has 0 saturated carbocycles. The van der Waals surface area contributed by atoms with E-state index in [1.807, 2.05) is 18.2 Å². The van der Waals surface area contributed by atoms with Gasteiger partial charge in [-0.3, -0.25) is 4.79 Å². The van der Waals surface area contributed by atoms with E-state index in [0.717, 1.165) is 31.5 Å². The summed E-state index contributed by atoms with van der Waals surface area (Å²) in [5, 5.41) is 13.6. The minimum absolute atomic E-state index is 0.00110. The van der Waals surface area contributed by atoms with Crippen molar-refractivity contribution in [1.82, 2.24) is 10.2 Å². The number of hydrogen-bond acceptors (Lipinski definition) is 4. The molecule has 0 unspecified atom stereocenters. The Morgan fingerprint density at radius 1 is 0.889 bits per heavy atom. The van der Waals surface area contributed by atoms with Crippen molar-refractivity contribution in [2.45, 2.75) is 12.8 Å². The predicted octanol–water partition coefficient (Wildman–Crippen LogP) is 4.05. The van der Waals surface area contributed by atoms with E-state index >= 15 is 0 Å². The van der Waals surface area contributed by atoms with Gasteiger partial charge >= 0.3 is 0 Å². The lowest BCUT2D eigenvalue weighted by molar-refractivity contribution is 0.102. The number of amides is 1. The molecule has 1 heterocycles. The quantitative estimate of drug-likeness (QED) is 0.618. The molecule has 0 bridgehead atoms. The monoisotopic (exact) mass is 368 g/mol. The van der Waals surface area contributed by atoms with E-state index in [4.69, 9.17) is 0 Å². The van der Waals surface area contributed by atoms with E-state index in [2.05, 4.69) is 33.0 Å². The SMILES string of the molecule is O=C(Nc1ccc(NCCCc2ccccc2)nn1)c1ccc(F)c(F)c1. The first-order valence-electron chi connectivity index (χ1n) is 8.50. The Kier molecular flexibility index (Phi) is 6.04. The van der Waals surface area contributed by atoms with Crippen LogP contribution in [0.3, 0.4) is 0 Å². The third-order valence-corrected chi connectivity index (χ3v) is 3.88. The van der Waals surface area contributed by atoms with Crippen LogP contribution in [0.1, 0.15) is 22.3 Å². The fourth-order valence-electron chi connectivity index (χ4n) is 2.47. The Hall–Kier alpha value is -3.35. The molecule has 2 aromatic carbocycles. The molecular weight excluding hydrogens is 350 g/mol. The van der Waals surface area contributed by atoms with Gasteiger partial charge in [-0.25, -0.2) is 8.78 Å². The lowest BCUT2D eigenvalue weighted by Crippen LogP contribution is -2.14. The molecular formula is C20H18F2N4O. The summed E-state index contributed by atoms with van der Waals surface area (Å²) in [6.07, 6.45) is 1.91. The van der Waals surface area contributed by atoms with Crippen LogP contribution in [0.4, 0.5) is 20.4 Å². The molecule has 1 amide bonds. The summed E-state index contributed by atoms with van der Waals surface area (Å²) >= 11 is 0. The highest BCUT2D eigenvalue weighted by Crippen LogP contribution is 2.12. The smallest absolute Gasteiger partial charge is 0.256 e. The summed E-state index contributed by atoms with van der Waals surface area (Å²) in [6, 6.07) is 16.4. The highest BCUT2D eigenvalue weighted by atomic mass is 19.2. The second-order valence-corrected chi connectivity index (χ2v) is 5.90. The number of halogens is 2. The van der Waals surface area contributed by atoms with Gasteiger partial charge in [-0.05, 0) is 48.7 Å². The van der Waals surface area contributed by atoms with Crippen LogP contribution in [0.15, 0.2) is 60.7 Å². The number of rotatable bonds is 7. The normalized spacial score (nSPS) is 10.4. The molecule has 2 N–H and O–H groups in total. The maximum absolute atomic E-state index is 13.2. The molecule has 7 heteroatoms. The topological polar surface area (TPSA) is 66.9 Å². The van der Waals surface area contributed by atoms with Crippen LogP contribution in [-0.2, 0) is 6.42 Å². The average molecular weight is 368 g/mol. The van der Waals surface area contributed by atoms with Gasteiger partial charge in [0.2, 0.25) is 0 Å². The molecule has 0 atom stereocenters. The summed E-state index contributed by atoms with van der Waals surface area (Å²) < 4.78 is 26.1. The van der Waals surface area contributed by atoms with E-state index < -0.39 is 17.5 Å². The van der Waals surface area contributed by atoms with Gasteiger partial charge in [-0.15, -0.1) is 10.2 Å². The van der Waals surface area contributed by atoms with Gasteiger partial charge in [-0.2, -0.15) is 0 Å². The third kappa shape index (κ3) is 5.31. The van der Waals surface area contributed by atoms with Gasteiger partial charge < -0.3 is 10.6 Å². The van der Waals surface area contributed by atoms with Crippen molar-refractivity contribution >= 4 is 17.5 Å². The molecule has 1 aromatic heterocycles. The van der Waals surface area contributed by atoms with Gasteiger partial charge in [0.1, 0.15) is 5.82 Å². The molecule has 0 fully saturated rings. The maximum atomic E-state index is 13.2. The number of nitrogens with one attached hydrogen (secondary N) is 2. The minimum Gasteiger partial charge on any atom is -0.369 e. The highest BCUT2D eigenvalue weighted by Gasteiger charge is 2.10. The lowest BCUT2D eigenvalue weighted by Gasteiger charge is -2.07. The average Bonchev–Trinajstić information content (AvgIpc) is 2.69. The maximum Gasteiger partial charge on any atom is 0.256 e. The molecule has 138 valence electrons. The Balaban J connectivity index is 1.48. The van der Waals surface area contributed by atoms with Crippen molar-refractivity contribution in [3.63, 3.8) is 0 Å². The van der Waals surface area contributed by atoms with Crippen LogP contribution < -0.4 is 10.6 Å². The Bertz CT molecular complexity index is 902. The number of benzene rings is 2. The molecule has 27 heavy (non-hydrogen) atoms. The summed E-state index contributed by atoms with van der Waals surface area (Å²) in [7, 11) is 0. The molecule has 3 rings (SSSR count). The molecule has 0 saturated heterocycles. The largest absolute Gasteiger partial charge is 0.369 e. The van der Waals surface area contributed by atoms with Crippen LogP contribution in [-0.4, -0.2) is 22.6 Å². The lowest BCUT2D eigenvalue weighted by atomic mass is 10.1. The van der Waals surface area contributed by atoms with Crippen LogP contribution in [0.5, 0.6) is 0 Å². The van der Waals surface area contributed by atoms with Crippen molar-refractivity contribution in [2.24, 2.45) is 0 Å². The number of carbonyl (C=O) groups excluding carboxylic acids is 1. The van der Waals surface area contributed by atoms with E-state index in [-0.39, 0.29) is 11.4 Å². The molecule has 0 aliphatic rings. The number of hydrogen-bond donors (Lipinski definition) is 2. The molecule has 0 radical (unpaired) electrons. The van der Waals surface area contributed by atoms with Crippen molar-refractivity contribution in [2.75, 3.05) is 17.2 Å². The van der Waals surface area contributed by atoms with E-state index in [0.29, 0.717) is 5.82 Å². The van der Waals surface area contributed by atoms with Gasteiger partial charge in [0.25, 0.3) is 5.91 Å². The minimum atomic E-state index is -1.08. The zero-order valence-electron chi connectivity index (χ0n) is 14.5. The number of carbonyl (C=O) groups is 1. The Morgan fingerprint density at radius 2 is 1.63 bits per heavy atom. The van der Waals surface area contributed by atoms with Crippen molar-refractivity contribution in [3.8, 4) is 0 Å². The zero-order valence-corrected chi connectivity index (χ0v) is 14.5. The first-order valence-corrected chi connectivity index (χ1v) is 8.50. The number of anilines is 2. The second-order valence-electron chi connectivity index (χ2n) is 5.90. The fourth-order valence-corrected chi connectivity index (χ4v) is 2.47. The summed E-state index contributed by atoms with van der Waals surface area (Å²) in [6.45, 7) is 0.740. The summed E-state index contributed by atoms with van der Waals surface area (Å²) in [4.78, 5) is 12.0. The van der Waals surface area contributed by atoms with Crippen molar-refractivity contribution in [1.29, 1.82) is 0 Å². The predicted molar refractivity (Wildman–Crippen MR) is 99.6 cm³/mol. The van der Waals surface area contributed by atoms with Crippen LogP contribution in [0, 0.1) is 11.6 Å². The third-order valence-electron chi connectivity index (χ3n) is 3.88. The number of aryl methyl sites for hydroxylation is 1. The van der Waals surface area contributed by atoms with Gasteiger partial charge in [0.05, 0.1) is 0 Å². The van der Waals surface area contributed by atoms with Gasteiger partial charge in [0, 0.05) is 12.1 Å². The first kappa shape index (κ1) is 18.4. The molecule has 0 aliphatic carbocycles. The molecule has 0 aliphatic heterocycles. The van der Waals surface area contributed by atoms with Crippen molar-refractivity contribution < 1.29 is 13.6 Å². The molecule has 5 nitrogen and oxygen atoms in total. The standard InChI is InChI=1S/C20H18F2N4O/c21-16-9-8-15(13-17(16)22)20(27)24-19-11-10-18(25-26-19)23-12-4-7-14-5-2-1-3-6-14/h1-3,5-6,8-11,13H,4,7,12H2,(H,23,25)(H,24,26,27). The fraction of sp³-hybridized carbons (Fsp3) is 0.150. The zero-order chi connectivity index (χ0) is 19.1. The van der Waals surface area contributed by atoms with Crippen LogP contribution in [0.2, 0.25) is 0 Å². The number of nitrogens with zero attached hydrogens (tertiary/aromatic N) is 2. The first-order chi connectivity index (χ1) is 13.1. The Labute approximate surface area is 155 Å². The summed E-state index contributed by atoms with van der Waals surface area (Å²) in [5.41, 5.74) is 1.28. The molecule has 3 aromatic rings. The number of aromatic nitrogens is 2. The van der Waals surface area contributed by atoms with Crippen LogP contribution >= 0.6 is 0 Å². The summed E-state index contributed by atoms with van der Waals surface area (Å²) in [5.74, 6) is -1.86. The van der Waals surface area contributed by atoms with E-state index in [1.165, 1.54) is 11.6 Å². The second kappa shape index (κ2) is 8.84.